The molecule has 0 spiro atoms. The first-order valence-corrected chi connectivity index (χ1v) is 4.92. The Kier molecular flexibility index (Phi) is 3.49. The number of aliphatic hydroxyl groups is 1. The van der Waals surface area contributed by atoms with Crippen molar-refractivity contribution in [1.82, 2.24) is 4.98 Å². The number of ether oxygens (including phenoxy) is 1. The van der Waals surface area contributed by atoms with Crippen LogP contribution in [-0.2, 0) is 11.3 Å². The number of carbonyl (C=O) groups excluding carboxylic acids is 1. The van der Waals surface area contributed by atoms with Crippen molar-refractivity contribution in [3.05, 3.63) is 23.4 Å². The molecule has 0 atom stereocenters. The van der Waals surface area contributed by atoms with Crippen molar-refractivity contribution in [2.75, 3.05) is 5.73 Å². The van der Waals surface area contributed by atoms with E-state index in [4.69, 9.17) is 15.6 Å². The van der Waals surface area contributed by atoms with E-state index in [2.05, 4.69) is 4.98 Å². The zero-order valence-electron chi connectivity index (χ0n) is 9.65. The molecular formula is C11H16N2O3. The van der Waals surface area contributed by atoms with E-state index >= 15 is 0 Å². The SMILES string of the molecule is CC(C)(C)OC(=O)c1cnc(N)c(CO)c1. The summed E-state index contributed by atoms with van der Waals surface area (Å²) < 4.78 is 5.16. The lowest BCUT2D eigenvalue weighted by atomic mass is 10.1. The van der Waals surface area contributed by atoms with Crippen molar-refractivity contribution >= 4 is 11.8 Å². The molecule has 1 aromatic heterocycles. The van der Waals surface area contributed by atoms with Crippen LogP contribution < -0.4 is 5.73 Å². The van der Waals surface area contributed by atoms with E-state index in [0.717, 1.165) is 0 Å². The highest BCUT2D eigenvalue weighted by atomic mass is 16.6. The summed E-state index contributed by atoms with van der Waals surface area (Å²) in [6.45, 7) is 5.09. The van der Waals surface area contributed by atoms with Crippen LogP contribution in [0, 0.1) is 0 Å². The van der Waals surface area contributed by atoms with E-state index < -0.39 is 11.6 Å². The Hall–Kier alpha value is -1.62. The van der Waals surface area contributed by atoms with Gasteiger partial charge in [0.1, 0.15) is 11.4 Å². The monoisotopic (exact) mass is 224 g/mol. The number of esters is 1. The largest absolute Gasteiger partial charge is 0.456 e. The number of aromatic nitrogens is 1. The first kappa shape index (κ1) is 12.4. The van der Waals surface area contributed by atoms with Gasteiger partial charge < -0.3 is 15.6 Å². The Morgan fingerprint density at radius 3 is 2.69 bits per heavy atom. The maximum atomic E-state index is 11.7. The molecule has 5 nitrogen and oxygen atoms in total. The standard InChI is InChI=1S/C11H16N2O3/c1-11(2,3)16-10(15)7-4-8(6-14)9(12)13-5-7/h4-5,14H,6H2,1-3H3,(H2,12,13). The van der Waals surface area contributed by atoms with E-state index in [1.165, 1.54) is 12.3 Å². The summed E-state index contributed by atoms with van der Waals surface area (Å²) in [7, 11) is 0. The van der Waals surface area contributed by atoms with Gasteiger partial charge in [-0.3, -0.25) is 0 Å². The third kappa shape index (κ3) is 3.20. The Bertz CT molecular complexity index is 397. The minimum absolute atomic E-state index is 0.217. The van der Waals surface area contributed by atoms with Crippen LogP contribution in [0.1, 0.15) is 36.7 Å². The maximum Gasteiger partial charge on any atom is 0.340 e. The van der Waals surface area contributed by atoms with Crippen molar-refractivity contribution in [1.29, 1.82) is 0 Å². The van der Waals surface area contributed by atoms with Crippen LogP contribution >= 0.6 is 0 Å². The predicted octanol–water partition coefficient (Wildman–Crippen LogP) is 1.11. The summed E-state index contributed by atoms with van der Waals surface area (Å²) in [5.74, 6) is -0.260. The average Bonchev–Trinajstić information content (AvgIpc) is 2.15. The molecule has 88 valence electrons. The molecule has 0 amide bonds. The number of hydrogen-bond acceptors (Lipinski definition) is 5. The van der Waals surface area contributed by atoms with Crippen LogP contribution in [0.2, 0.25) is 0 Å². The van der Waals surface area contributed by atoms with Gasteiger partial charge in [0, 0.05) is 11.8 Å². The second-order valence-corrected chi connectivity index (χ2v) is 4.43. The van der Waals surface area contributed by atoms with Crippen molar-refractivity contribution in [3.63, 3.8) is 0 Å². The van der Waals surface area contributed by atoms with Crippen molar-refractivity contribution < 1.29 is 14.6 Å². The van der Waals surface area contributed by atoms with Gasteiger partial charge in [0.15, 0.2) is 0 Å². The quantitative estimate of drug-likeness (QED) is 0.735. The smallest absolute Gasteiger partial charge is 0.340 e. The number of anilines is 1. The van der Waals surface area contributed by atoms with Gasteiger partial charge in [-0.25, -0.2) is 9.78 Å². The Morgan fingerprint density at radius 1 is 1.56 bits per heavy atom. The lowest BCUT2D eigenvalue weighted by Crippen LogP contribution is -2.24. The van der Waals surface area contributed by atoms with Gasteiger partial charge in [-0.05, 0) is 26.8 Å². The molecule has 16 heavy (non-hydrogen) atoms. The third-order valence-corrected chi connectivity index (χ3v) is 1.81. The minimum atomic E-state index is -0.558. The van der Waals surface area contributed by atoms with E-state index in [1.807, 2.05) is 0 Å². The summed E-state index contributed by atoms with van der Waals surface area (Å²) in [5.41, 5.74) is 5.65. The molecule has 0 aliphatic rings. The van der Waals surface area contributed by atoms with Gasteiger partial charge >= 0.3 is 5.97 Å². The van der Waals surface area contributed by atoms with Crippen LogP contribution in [0.15, 0.2) is 12.3 Å². The van der Waals surface area contributed by atoms with Gasteiger partial charge in [-0.1, -0.05) is 0 Å². The number of pyridine rings is 1. The Balaban J connectivity index is 2.93. The summed E-state index contributed by atoms with van der Waals surface area (Å²) in [6, 6.07) is 1.48. The van der Waals surface area contributed by atoms with Crippen LogP contribution in [0.3, 0.4) is 0 Å². The van der Waals surface area contributed by atoms with E-state index in [1.54, 1.807) is 20.8 Å². The van der Waals surface area contributed by atoms with Crippen LogP contribution in [-0.4, -0.2) is 21.7 Å². The predicted molar refractivity (Wildman–Crippen MR) is 59.7 cm³/mol. The molecule has 0 saturated carbocycles. The fraction of sp³-hybridized carbons (Fsp3) is 0.455. The van der Waals surface area contributed by atoms with Crippen LogP contribution in [0.5, 0.6) is 0 Å². The average molecular weight is 224 g/mol. The Labute approximate surface area is 94.2 Å². The van der Waals surface area contributed by atoms with Crippen molar-refractivity contribution in [2.45, 2.75) is 33.0 Å². The number of rotatable bonds is 2. The molecule has 3 N–H and O–H groups in total. The second kappa shape index (κ2) is 4.49. The highest BCUT2D eigenvalue weighted by Gasteiger charge is 2.18. The maximum absolute atomic E-state index is 11.7. The van der Waals surface area contributed by atoms with Gasteiger partial charge in [0.25, 0.3) is 0 Å². The number of aliphatic hydroxyl groups excluding tert-OH is 1. The van der Waals surface area contributed by atoms with Crippen molar-refractivity contribution in [3.8, 4) is 0 Å². The molecular weight excluding hydrogens is 208 g/mol. The number of nitrogen functional groups attached to an aromatic ring is 1. The zero-order chi connectivity index (χ0) is 12.3. The molecule has 0 saturated heterocycles. The van der Waals surface area contributed by atoms with Crippen LogP contribution in [0.25, 0.3) is 0 Å². The Morgan fingerprint density at radius 2 is 2.19 bits per heavy atom. The molecule has 0 unspecified atom stereocenters. The zero-order valence-corrected chi connectivity index (χ0v) is 9.65. The molecule has 1 heterocycles. The van der Waals surface area contributed by atoms with Gasteiger partial charge in [-0.15, -0.1) is 0 Å². The lowest BCUT2D eigenvalue weighted by molar-refractivity contribution is 0.00690. The summed E-state index contributed by atoms with van der Waals surface area (Å²) in [4.78, 5) is 15.5. The molecule has 1 aromatic rings. The summed E-state index contributed by atoms with van der Waals surface area (Å²) in [5, 5.41) is 8.99. The first-order valence-electron chi connectivity index (χ1n) is 4.92. The fourth-order valence-electron chi connectivity index (χ4n) is 1.10. The third-order valence-electron chi connectivity index (χ3n) is 1.81. The topological polar surface area (TPSA) is 85.4 Å². The normalized spacial score (nSPS) is 11.2. The van der Waals surface area contributed by atoms with Crippen molar-refractivity contribution in [2.24, 2.45) is 0 Å². The van der Waals surface area contributed by atoms with E-state index in [-0.39, 0.29) is 18.0 Å². The van der Waals surface area contributed by atoms with Gasteiger partial charge in [0.05, 0.1) is 12.2 Å². The van der Waals surface area contributed by atoms with E-state index in [9.17, 15) is 4.79 Å². The minimum Gasteiger partial charge on any atom is -0.456 e. The molecule has 0 aromatic carbocycles. The molecule has 0 radical (unpaired) electrons. The van der Waals surface area contributed by atoms with E-state index in [0.29, 0.717) is 5.56 Å². The van der Waals surface area contributed by atoms with Gasteiger partial charge in [-0.2, -0.15) is 0 Å². The summed E-state index contributed by atoms with van der Waals surface area (Å²) >= 11 is 0. The van der Waals surface area contributed by atoms with Crippen LogP contribution in [0.4, 0.5) is 5.82 Å². The number of carbonyl (C=O) groups is 1. The lowest BCUT2D eigenvalue weighted by Gasteiger charge is -2.19. The highest BCUT2D eigenvalue weighted by molar-refractivity contribution is 5.89. The fourth-order valence-corrected chi connectivity index (χ4v) is 1.10. The number of nitrogens with zero attached hydrogens (tertiary/aromatic N) is 1. The molecule has 1 rings (SSSR count). The molecule has 0 bridgehead atoms. The van der Waals surface area contributed by atoms with Gasteiger partial charge in [0.2, 0.25) is 0 Å². The second-order valence-electron chi connectivity index (χ2n) is 4.43. The molecule has 0 aliphatic carbocycles. The molecule has 0 aliphatic heterocycles. The molecule has 5 heteroatoms. The number of nitrogens with two attached hydrogens (primary N) is 1. The number of hydrogen-bond donors (Lipinski definition) is 2. The molecule has 0 fully saturated rings. The first-order chi connectivity index (χ1) is 7.33. The summed E-state index contributed by atoms with van der Waals surface area (Å²) in [6.07, 6.45) is 1.34. The highest BCUT2D eigenvalue weighted by Crippen LogP contribution is 2.15.